The number of fused-ring (bicyclic) bond motifs is 1. The molecule has 1 aliphatic heterocycles. The van der Waals surface area contributed by atoms with Gasteiger partial charge in [0.1, 0.15) is 0 Å². The van der Waals surface area contributed by atoms with E-state index in [2.05, 4.69) is 10.9 Å². The van der Waals surface area contributed by atoms with Gasteiger partial charge in [0.15, 0.2) is 0 Å². The maximum atomic E-state index is 8.77. The molecule has 0 saturated heterocycles. The monoisotopic (exact) mass is 230 g/mol. The van der Waals surface area contributed by atoms with Gasteiger partial charge in [-0.25, -0.2) is 10.1 Å². The van der Waals surface area contributed by atoms with E-state index in [4.69, 9.17) is 11.8 Å². The van der Waals surface area contributed by atoms with Crippen molar-refractivity contribution in [1.29, 1.82) is 5.26 Å². The lowest BCUT2D eigenvalue weighted by Gasteiger charge is -1.95. The summed E-state index contributed by atoms with van der Waals surface area (Å²) in [6, 6.07) is 8.09. The summed E-state index contributed by atoms with van der Waals surface area (Å²) in [6.45, 7) is 8.93. The second-order valence-corrected chi connectivity index (χ2v) is 5.38. The number of hydrogen-bond acceptors (Lipinski definition) is 3. The van der Waals surface area contributed by atoms with Crippen molar-refractivity contribution in [1.82, 2.24) is 0 Å². The summed E-state index contributed by atoms with van der Waals surface area (Å²) < 4.78 is 0.799. The summed E-state index contributed by atoms with van der Waals surface area (Å²) in [5, 5.41) is 8.77. The lowest BCUT2D eigenvalue weighted by atomic mass is 10.2. The molecule has 1 aromatic carbocycles. The quantitative estimate of drug-likeness (QED) is 0.501. The molecular formula is C11H6N2S2. The molecule has 0 aromatic heterocycles. The Morgan fingerprint density at radius 1 is 1.40 bits per heavy atom. The molecule has 0 spiro atoms. The van der Waals surface area contributed by atoms with E-state index in [1.54, 1.807) is 0 Å². The first-order chi connectivity index (χ1) is 7.24. The van der Waals surface area contributed by atoms with E-state index in [1.807, 2.05) is 25.1 Å². The number of nitrogens with zero attached hydrogens (tertiary/aromatic N) is 2. The number of allylic oxidation sites excluding steroid dienone is 1. The highest BCUT2D eigenvalue weighted by atomic mass is 32.2. The van der Waals surface area contributed by atoms with E-state index in [0.29, 0.717) is 0 Å². The summed E-state index contributed by atoms with van der Waals surface area (Å²) in [5.41, 5.74) is 1.39. The van der Waals surface area contributed by atoms with Crippen LogP contribution in [0.15, 0.2) is 37.9 Å². The minimum absolute atomic E-state index is 0.193. The van der Waals surface area contributed by atoms with Crippen LogP contribution >= 0.6 is 23.5 Å². The third-order valence-corrected chi connectivity index (χ3v) is 4.44. The predicted molar refractivity (Wildman–Crippen MR) is 62.1 cm³/mol. The molecule has 4 heteroatoms. The third-order valence-electron chi connectivity index (χ3n) is 1.92. The van der Waals surface area contributed by atoms with E-state index in [1.165, 1.54) is 29.1 Å². The van der Waals surface area contributed by atoms with Gasteiger partial charge in [-0.1, -0.05) is 29.6 Å². The average Bonchev–Trinajstić information content (AvgIpc) is 2.62. The first-order valence-corrected chi connectivity index (χ1v) is 5.86. The summed E-state index contributed by atoms with van der Waals surface area (Å²) in [4.78, 5) is 5.50. The first kappa shape index (κ1) is 10.2. The van der Waals surface area contributed by atoms with Crippen LogP contribution in [-0.4, -0.2) is 0 Å². The van der Waals surface area contributed by atoms with Gasteiger partial charge in [0.25, 0.3) is 5.70 Å². The molecular weight excluding hydrogens is 224 g/mol. The molecule has 15 heavy (non-hydrogen) atoms. The molecule has 1 aliphatic rings. The fraction of sp³-hybridized carbons (Fsp3) is 0.0909. The van der Waals surface area contributed by atoms with Crippen LogP contribution < -0.4 is 0 Å². The highest BCUT2D eigenvalue weighted by molar-refractivity contribution is 8.24. The van der Waals surface area contributed by atoms with Crippen molar-refractivity contribution in [2.45, 2.75) is 16.7 Å². The van der Waals surface area contributed by atoms with Crippen molar-refractivity contribution in [3.05, 3.63) is 45.1 Å². The van der Waals surface area contributed by atoms with Gasteiger partial charge in [-0.2, -0.15) is 0 Å². The average molecular weight is 230 g/mol. The van der Waals surface area contributed by atoms with Crippen molar-refractivity contribution in [2.75, 3.05) is 0 Å². The molecule has 0 amide bonds. The zero-order valence-corrected chi connectivity index (χ0v) is 9.58. The fourth-order valence-corrected chi connectivity index (χ4v) is 3.65. The molecule has 0 saturated carbocycles. The highest BCUT2D eigenvalue weighted by Crippen LogP contribution is 2.52. The van der Waals surface area contributed by atoms with Gasteiger partial charge < -0.3 is 0 Å². The Hall–Kier alpha value is -1.36. The van der Waals surface area contributed by atoms with E-state index >= 15 is 0 Å². The molecule has 2 nitrogen and oxygen atoms in total. The van der Waals surface area contributed by atoms with E-state index in [0.717, 1.165) is 14.0 Å². The zero-order chi connectivity index (χ0) is 10.8. The van der Waals surface area contributed by atoms with Crippen LogP contribution in [0.25, 0.3) is 4.85 Å². The van der Waals surface area contributed by atoms with Crippen molar-refractivity contribution in [3.63, 3.8) is 0 Å². The molecule has 0 atom stereocenters. The molecule has 0 fully saturated rings. The fourth-order valence-electron chi connectivity index (χ4n) is 1.21. The van der Waals surface area contributed by atoms with Gasteiger partial charge in [0.05, 0.1) is 16.9 Å². The second-order valence-electron chi connectivity index (χ2n) is 3.01. The third kappa shape index (κ3) is 1.87. The number of rotatable bonds is 0. The number of hydrogen-bond donors (Lipinski definition) is 0. The van der Waals surface area contributed by atoms with Crippen LogP contribution in [0.5, 0.6) is 0 Å². The maximum absolute atomic E-state index is 8.77. The molecule has 1 heterocycles. The molecule has 1 aromatic rings. The SMILES string of the molecule is [C-]#[N+]/C(C#N)=C1/Sc2ccc(C)cc2S1. The van der Waals surface area contributed by atoms with Gasteiger partial charge >= 0.3 is 0 Å². The molecule has 72 valence electrons. The van der Waals surface area contributed by atoms with Crippen LogP contribution in [-0.2, 0) is 0 Å². The van der Waals surface area contributed by atoms with E-state index in [-0.39, 0.29) is 5.70 Å². The normalized spacial score (nSPS) is 16.5. The summed E-state index contributed by atoms with van der Waals surface area (Å²) in [5.74, 6) is 0. The molecule has 0 radical (unpaired) electrons. The molecule has 0 bridgehead atoms. The van der Waals surface area contributed by atoms with E-state index < -0.39 is 0 Å². The van der Waals surface area contributed by atoms with Crippen LogP contribution in [0.1, 0.15) is 5.56 Å². The lowest BCUT2D eigenvalue weighted by molar-refractivity contribution is 1.23. The van der Waals surface area contributed by atoms with Gasteiger partial charge in [0.2, 0.25) is 0 Å². The van der Waals surface area contributed by atoms with Crippen molar-refractivity contribution >= 4 is 23.5 Å². The van der Waals surface area contributed by atoms with Crippen LogP contribution in [0, 0.1) is 24.8 Å². The van der Waals surface area contributed by atoms with Gasteiger partial charge in [-0.3, -0.25) is 0 Å². The number of aryl methyl sites for hydroxylation is 1. The minimum Gasteiger partial charge on any atom is -0.225 e. The molecule has 0 N–H and O–H groups in total. The topological polar surface area (TPSA) is 28.1 Å². The Morgan fingerprint density at radius 2 is 2.13 bits per heavy atom. The predicted octanol–water partition coefficient (Wildman–Crippen LogP) is 3.80. The van der Waals surface area contributed by atoms with Crippen molar-refractivity contribution in [3.8, 4) is 6.07 Å². The van der Waals surface area contributed by atoms with Crippen LogP contribution in [0.4, 0.5) is 0 Å². The van der Waals surface area contributed by atoms with Crippen molar-refractivity contribution in [2.24, 2.45) is 0 Å². The largest absolute Gasteiger partial charge is 0.282 e. The molecule has 0 aliphatic carbocycles. The van der Waals surface area contributed by atoms with E-state index in [9.17, 15) is 0 Å². The Kier molecular flexibility index (Phi) is 2.73. The maximum Gasteiger partial charge on any atom is 0.282 e. The van der Waals surface area contributed by atoms with Crippen molar-refractivity contribution < 1.29 is 0 Å². The van der Waals surface area contributed by atoms with Crippen LogP contribution in [0.2, 0.25) is 0 Å². The zero-order valence-electron chi connectivity index (χ0n) is 7.94. The van der Waals surface area contributed by atoms with Gasteiger partial charge in [0, 0.05) is 9.79 Å². The minimum atomic E-state index is 0.193. The number of thioether (sulfide) groups is 2. The first-order valence-electron chi connectivity index (χ1n) is 4.23. The highest BCUT2D eigenvalue weighted by Gasteiger charge is 2.20. The molecule has 0 unspecified atom stereocenters. The summed E-state index contributed by atoms with van der Waals surface area (Å²) in [7, 11) is 0. The Balaban J connectivity index is 2.44. The van der Waals surface area contributed by atoms with Gasteiger partial charge in [-0.05, 0) is 24.6 Å². The lowest BCUT2D eigenvalue weighted by Crippen LogP contribution is -1.73. The van der Waals surface area contributed by atoms with Crippen LogP contribution in [0.3, 0.4) is 0 Å². The summed E-state index contributed by atoms with van der Waals surface area (Å²) in [6.07, 6.45) is 0. The molecule has 2 rings (SSSR count). The second kappa shape index (κ2) is 4.02. The summed E-state index contributed by atoms with van der Waals surface area (Å²) >= 11 is 3.02. The van der Waals surface area contributed by atoms with Gasteiger partial charge in [-0.15, -0.1) is 0 Å². The standard InChI is InChI=1S/C11H6N2S2/c1-7-3-4-9-10(5-7)15-11(14-9)8(6-12)13-2/h3-5H,1H3/b11-8-. The smallest absolute Gasteiger partial charge is 0.225 e. The number of nitriles is 1. The Morgan fingerprint density at radius 3 is 2.80 bits per heavy atom. The Labute approximate surface area is 96.8 Å². The number of benzene rings is 1. The Bertz CT molecular complexity index is 516.